The van der Waals surface area contributed by atoms with Gasteiger partial charge >= 0.3 is 6.03 Å². The molecule has 2 amide bonds. The molecule has 1 aromatic carbocycles. The Morgan fingerprint density at radius 3 is 2.79 bits per heavy atom. The van der Waals surface area contributed by atoms with Crippen molar-refractivity contribution in [2.75, 3.05) is 11.9 Å². The summed E-state index contributed by atoms with van der Waals surface area (Å²) in [5, 5.41) is 12.5. The topological polar surface area (TPSA) is 52.6 Å². The predicted molar refractivity (Wildman–Crippen MR) is 76.0 cm³/mol. The van der Waals surface area contributed by atoms with E-state index in [0.29, 0.717) is 5.92 Å². The molecule has 0 bridgehead atoms. The highest BCUT2D eigenvalue weighted by atomic mass is 16.3. The lowest BCUT2D eigenvalue weighted by Crippen LogP contribution is -2.37. The third-order valence-electron chi connectivity index (χ3n) is 3.67. The summed E-state index contributed by atoms with van der Waals surface area (Å²) in [7, 11) is 0. The summed E-state index contributed by atoms with van der Waals surface area (Å²) in [5.41, 5.74) is 1.54. The van der Waals surface area contributed by atoms with E-state index >= 15 is 0 Å². The number of aliphatic hydroxyl groups excluding tert-OH is 1. The van der Waals surface area contributed by atoms with Gasteiger partial charge in [-0.15, -0.1) is 0 Å². The zero-order valence-electron chi connectivity index (χ0n) is 11.8. The second-order valence-corrected chi connectivity index (χ2v) is 5.57. The van der Waals surface area contributed by atoms with Gasteiger partial charge in [0.1, 0.15) is 0 Å². The van der Waals surface area contributed by atoms with Crippen molar-refractivity contribution in [2.24, 2.45) is 5.92 Å². The number of hydrogen-bond donors (Lipinski definition) is 2. The summed E-state index contributed by atoms with van der Waals surface area (Å²) in [6.45, 7) is 6.77. The molecule has 0 radical (unpaired) electrons. The molecular weight excluding hydrogens is 240 g/mol. The average Bonchev–Trinajstić information content (AvgIpc) is 2.69. The lowest BCUT2D eigenvalue weighted by Gasteiger charge is -2.22. The van der Waals surface area contributed by atoms with Gasteiger partial charge in [-0.25, -0.2) is 4.79 Å². The van der Waals surface area contributed by atoms with Crippen LogP contribution in [0.3, 0.4) is 0 Å². The Kier molecular flexibility index (Phi) is 4.10. The van der Waals surface area contributed by atoms with Crippen LogP contribution in [0, 0.1) is 5.92 Å². The summed E-state index contributed by atoms with van der Waals surface area (Å²) in [6.07, 6.45) is 0.531. The van der Waals surface area contributed by atoms with Crippen molar-refractivity contribution in [2.45, 2.75) is 39.3 Å². The van der Waals surface area contributed by atoms with E-state index in [4.69, 9.17) is 0 Å². The van der Waals surface area contributed by atoms with E-state index in [9.17, 15) is 9.90 Å². The fourth-order valence-corrected chi connectivity index (χ4v) is 2.65. The minimum atomic E-state index is -0.525. The van der Waals surface area contributed by atoms with E-state index < -0.39 is 6.10 Å². The highest BCUT2D eigenvalue weighted by Gasteiger charge is 2.29. The highest BCUT2D eigenvalue weighted by Crippen LogP contribution is 2.24. The summed E-state index contributed by atoms with van der Waals surface area (Å²) in [4.78, 5) is 14.1. The Balaban J connectivity index is 2.05. The van der Waals surface area contributed by atoms with Crippen LogP contribution in [0.4, 0.5) is 10.5 Å². The van der Waals surface area contributed by atoms with Gasteiger partial charge in [0.15, 0.2) is 0 Å². The number of amides is 2. The van der Waals surface area contributed by atoms with Gasteiger partial charge in [-0.3, -0.25) is 0 Å². The first-order valence-corrected chi connectivity index (χ1v) is 6.83. The van der Waals surface area contributed by atoms with Gasteiger partial charge in [0, 0.05) is 18.3 Å². The van der Waals surface area contributed by atoms with Crippen LogP contribution >= 0.6 is 0 Å². The lowest BCUT2D eigenvalue weighted by atomic mass is 10.1. The second-order valence-electron chi connectivity index (χ2n) is 5.57. The highest BCUT2D eigenvalue weighted by molar-refractivity contribution is 5.89. The number of urea groups is 1. The number of rotatable bonds is 2. The summed E-state index contributed by atoms with van der Waals surface area (Å²) in [5.74, 6) is 0.560. The molecule has 1 fully saturated rings. The SMILES string of the molecule is CC1CC(C)N(C(=O)Nc2cccc(C(C)O)c2)C1. The third kappa shape index (κ3) is 3.26. The number of benzene rings is 1. The number of anilines is 1. The van der Waals surface area contributed by atoms with E-state index in [1.807, 2.05) is 29.2 Å². The van der Waals surface area contributed by atoms with Crippen LogP contribution in [0.5, 0.6) is 0 Å². The first kappa shape index (κ1) is 13.9. The first-order valence-electron chi connectivity index (χ1n) is 6.83. The summed E-state index contributed by atoms with van der Waals surface area (Å²) in [6, 6.07) is 7.57. The molecule has 1 saturated heterocycles. The molecule has 0 spiro atoms. The van der Waals surface area contributed by atoms with Gasteiger partial charge in [0.25, 0.3) is 0 Å². The van der Waals surface area contributed by atoms with Gasteiger partial charge in [-0.05, 0) is 43.9 Å². The maximum absolute atomic E-state index is 12.2. The number of likely N-dealkylation sites (tertiary alicyclic amines) is 1. The Bertz CT molecular complexity index is 459. The van der Waals surface area contributed by atoms with Gasteiger partial charge < -0.3 is 15.3 Å². The molecule has 19 heavy (non-hydrogen) atoms. The fourth-order valence-electron chi connectivity index (χ4n) is 2.65. The number of nitrogens with zero attached hydrogens (tertiary/aromatic N) is 1. The van der Waals surface area contributed by atoms with Crippen LogP contribution in [-0.4, -0.2) is 28.6 Å². The van der Waals surface area contributed by atoms with Crippen LogP contribution in [0.25, 0.3) is 0 Å². The van der Waals surface area contributed by atoms with Gasteiger partial charge in [-0.1, -0.05) is 19.1 Å². The molecule has 3 atom stereocenters. The molecular formula is C15H22N2O2. The van der Waals surface area contributed by atoms with E-state index in [2.05, 4.69) is 19.2 Å². The minimum absolute atomic E-state index is 0.0559. The molecule has 4 nitrogen and oxygen atoms in total. The maximum Gasteiger partial charge on any atom is 0.322 e. The molecule has 2 rings (SSSR count). The zero-order chi connectivity index (χ0) is 14.0. The van der Waals surface area contributed by atoms with Gasteiger partial charge in [-0.2, -0.15) is 0 Å². The third-order valence-corrected chi connectivity index (χ3v) is 3.67. The quantitative estimate of drug-likeness (QED) is 0.860. The smallest absolute Gasteiger partial charge is 0.322 e. The van der Waals surface area contributed by atoms with E-state index in [-0.39, 0.29) is 12.1 Å². The van der Waals surface area contributed by atoms with Crippen molar-refractivity contribution in [1.29, 1.82) is 0 Å². The summed E-state index contributed by atoms with van der Waals surface area (Å²) >= 11 is 0. The van der Waals surface area contributed by atoms with Crippen LogP contribution in [0.15, 0.2) is 24.3 Å². The molecule has 2 N–H and O–H groups in total. The van der Waals surface area contributed by atoms with Crippen molar-refractivity contribution in [1.82, 2.24) is 4.90 Å². The van der Waals surface area contributed by atoms with Crippen LogP contribution in [-0.2, 0) is 0 Å². The van der Waals surface area contributed by atoms with Gasteiger partial charge in [0.05, 0.1) is 6.10 Å². The summed E-state index contributed by atoms with van der Waals surface area (Å²) < 4.78 is 0. The molecule has 3 unspecified atom stereocenters. The van der Waals surface area contributed by atoms with E-state index in [1.165, 1.54) is 0 Å². The normalized spacial score (nSPS) is 24.3. The van der Waals surface area contributed by atoms with Crippen molar-refractivity contribution < 1.29 is 9.90 Å². The molecule has 1 aromatic rings. The second kappa shape index (κ2) is 5.61. The molecule has 1 aliphatic rings. The molecule has 104 valence electrons. The van der Waals surface area contributed by atoms with E-state index in [1.54, 1.807) is 6.92 Å². The number of aliphatic hydroxyl groups is 1. The number of carbonyl (C=O) groups is 1. The largest absolute Gasteiger partial charge is 0.389 e. The molecule has 0 aromatic heterocycles. The fraction of sp³-hybridized carbons (Fsp3) is 0.533. The van der Waals surface area contributed by atoms with Gasteiger partial charge in [0.2, 0.25) is 0 Å². The predicted octanol–water partition coefficient (Wildman–Crippen LogP) is 3.00. The minimum Gasteiger partial charge on any atom is -0.389 e. The monoisotopic (exact) mass is 262 g/mol. The Hall–Kier alpha value is -1.55. The number of nitrogens with one attached hydrogen (secondary N) is 1. The van der Waals surface area contributed by atoms with Crippen molar-refractivity contribution in [3.05, 3.63) is 29.8 Å². The molecule has 1 heterocycles. The zero-order valence-corrected chi connectivity index (χ0v) is 11.8. The van der Waals surface area contributed by atoms with Crippen LogP contribution < -0.4 is 5.32 Å². The Morgan fingerprint density at radius 2 is 2.21 bits per heavy atom. The Morgan fingerprint density at radius 1 is 1.47 bits per heavy atom. The van der Waals surface area contributed by atoms with Crippen LogP contribution in [0.2, 0.25) is 0 Å². The molecule has 0 saturated carbocycles. The number of hydrogen-bond acceptors (Lipinski definition) is 2. The molecule has 4 heteroatoms. The van der Waals surface area contributed by atoms with Crippen LogP contribution in [0.1, 0.15) is 38.9 Å². The number of carbonyl (C=O) groups excluding carboxylic acids is 1. The average molecular weight is 262 g/mol. The van der Waals surface area contributed by atoms with E-state index in [0.717, 1.165) is 24.2 Å². The molecule has 1 aliphatic heterocycles. The lowest BCUT2D eigenvalue weighted by molar-refractivity contribution is 0.199. The standard InChI is InChI=1S/C15H22N2O2/c1-10-7-11(2)17(9-10)15(19)16-14-6-4-5-13(8-14)12(3)18/h4-6,8,10-12,18H,7,9H2,1-3H3,(H,16,19). The molecule has 0 aliphatic carbocycles. The first-order chi connectivity index (χ1) is 8.97. The van der Waals surface area contributed by atoms with Crippen molar-refractivity contribution in [3.8, 4) is 0 Å². The van der Waals surface area contributed by atoms with Crippen molar-refractivity contribution >= 4 is 11.7 Å². The maximum atomic E-state index is 12.2. The van der Waals surface area contributed by atoms with Crippen molar-refractivity contribution in [3.63, 3.8) is 0 Å². The Labute approximate surface area is 114 Å².